The molecule has 0 spiro atoms. The molecule has 0 unspecified atom stereocenters. The molecule has 5 nitrogen and oxygen atoms in total. The van der Waals surface area contributed by atoms with Crippen LogP contribution in [0.3, 0.4) is 0 Å². The number of aryl methyl sites for hydroxylation is 1. The molecule has 1 N–H and O–H groups in total. The maximum atomic E-state index is 12.9. The van der Waals surface area contributed by atoms with E-state index in [0.717, 1.165) is 50.4 Å². The second-order valence-corrected chi connectivity index (χ2v) is 8.80. The lowest BCUT2D eigenvalue weighted by molar-refractivity contribution is 0.271. The summed E-state index contributed by atoms with van der Waals surface area (Å²) in [5.41, 5.74) is 2.49. The number of halogens is 1. The predicted molar refractivity (Wildman–Crippen MR) is 112 cm³/mol. The van der Waals surface area contributed by atoms with Gasteiger partial charge >= 0.3 is 0 Å². The Morgan fingerprint density at radius 3 is 2.26 bits per heavy atom. The Bertz CT molecular complexity index is 877. The zero-order valence-electron chi connectivity index (χ0n) is 15.8. The van der Waals surface area contributed by atoms with Crippen LogP contribution in [0.25, 0.3) is 0 Å². The van der Waals surface area contributed by atoms with E-state index in [1.165, 1.54) is 0 Å². The van der Waals surface area contributed by atoms with Crippen LogP contribution in [0.5, 0.6) is 0 Å². The van der Waals surface area contributed by atoms with E-state index in [1.807, 2.05) is 25.1 Å². The number of anilines is 2. The summed E-state index contributed by atoms with van der Waals surface area (Å²) >= 11 is 6.15. The molecular formula is C20H26ClN3O2S. The van der Waals surface area contributed by atoms with E-state index >= 15 is 0 Å². The van der Waals surface area contributed by atoms with Crippen LogP contribution in [0.2, 0.25) is 5.02 Å². The summed E-state index contributed by atoms with van der Waals surface area (Å²) in [6, 6.07) is 12.4. The van der Waals surface area contributed by atoms with Gasteiger partial charge in [-0.3, -0.25) is 4.72 Å². The summed E-state index contributed by atoms with van der Waals surface area (Å²) in [7, 11) is -3.68. The summed E-state index contributed by atoms with van der Waals surface area (Å²) < 4.78 is 28.5. The minimum atomic E-state index is -3.68. The number of nitrogens with zero attached hydrogens (tertiary/aromatic N) is 2. The molecule has 2 aromatic carbocycles. The van der Waals surface area contributed by atoms with Crippen LogP contribution < -0.4 is 9.62 Å². The Balaban J connectivity index is 1.86. The minimum absolute atomic E-state index is 0.251. The fraction of sp³-hybridized carbons (Fsp3) is 0.400. The van der Waals surface area contributed by atoms with E-state index in [0.29, 0.717) is 10.7 Å². The smallest absolute Gasteiger partial charge is 0.261 e. The van der Waals surface area contributed by atoms with Crippen molar-refractivity contribution in [1.29, 1.82) is 0 Å². The van der Waals surface area contributed by atoms with Crippen LogP contribution in [0.4, 0.5) is 11.4 Å². The van der Waals surface area contributed by atoms with Gasteiger partial charge in [-0.25, -0.2) is 8.42 Å². The molecule has 0 bridgehead atoms. The quantitative estimate of drug-likeness (QED) is 0.790. The maximum Gasteiger partial charge on any atom is 0.261 e. The highest BCUT2D eigenvalue weighted by atomic mass is 35.5. The van der Waals surface area contributed by atoms with Gasteiger partial charge in [0.15, 0.2) is 0 Å². The molecule has 0 atom stereocenters. The fourth-order valence-electron chi connectivity index (χ4n) is 3.28. The minimum Gasteiger partial charge on any atom is -0.367 e. The topological polar surface area (TPSA) is 52.7 Å². The molecular weight excluding hydrogens is 382 g/mol. The Morgan fingerprint density at radius 2 is 1.67 bits per heavy atom. The summed E-state index contributed by atoms with van der Waals surface area (Å²) in [5.74, 6) is 0. The molecule has 0 aliphatic carbocycles. The molecule has 1 heterocycles. The first-order valence-corrected chi connectivity index (χ1v) is 11.2. The molecule has 0 radical (unpaired) electrons. The molecule has 1 fully saturated rings. The van der Waals surface area contributed by atoms with Gasteiger partial charge in [0.05, 0.1) is 16.3 Å². The van der Waals surface area contributed by atoms with Crippen molar-refractivity contribution < 1.29 is 8.42 Å². The van der Waals surface area contributed by atoms with E-state index in [2.05, 4.69) is 21.4 Å². The third kappa shape index (κ3) is 4.75. The molecule has 0 aromatic heterocycles. The monoisotopic (exact) mass is 407 g/mol. The average molecular weight is 408 g/mol. The van der Waals surface area contributed by atoms with Crippen molar-refractivity contribution in [1.82, 2.24) is 4.90 Å². The second kappa shape index (κ2) is 8.50. The molecule has 2 aromatic rings. The van der Waals surface area contributed by atoms with Gasteiger partial charge in [0.2, 0.25) is 0 Å². The number of sulfonamides is 1. The number of likely N-dealkylation sites (N-methyl/N-ethyl adjacent to an activating group) is 1. The van der Waals surface area contributed by atoms with E-state index in [-0.39, 0.29) is 4.90 Å². The van der Waals surface area contributed by atoms with Crippen molar-refractivity contribution in [2.45, 2.75) is 25.2 Å². The van der Waals surface area contributed by atoms with Crippen molar-refractivity contribution in [2.75, 3.05) is 42.3 Å². The van der Waals surface area contributed by atoms with E-state index in [9.17, 15) is 8.42 Å². The van der Waals surface area contributed by atoms with E-state index in [1.54, 1.807) is 24.3 Å². The molecule has 1 aliphatic heterocycles. The van der Waals surface area contributed by atoms with Gasteiger partial charge in [-0.1, -0.05) is 37.6 Å². The number of hydrogen-bond donors (Lipinski definition) is 1. The lowest BCUT2D eigenvalue weighted by Crippen LogP contribution is -2.46. The Morgan fingerprint density at radius 1 is 1.00 bits per heavy atom. The lowest BCUT2D eigenvalue weighted by Gasteiger charge is -2.36. The average Bonchev–Trinajstić information content (AvgIpc) is 2.68. The number of rotatable bonds is 6. The van der Waals surface area contributed by atoms with Crippen molar-refractivity contribution in [2.24, 2.45) is 0 Å². The van der Waals surface area contributed by atoms with Crippen molar-refractivity contribution in [3.8, 4) is 0 Å². The number of benzene rings is 2. The van der Waals surface area contributed by atoms with Gasteiger partial charge in [-0.15, -0.1) is 0 Å². The number of piperazine rings is 1. The molecule has 27 heavy (non-hydrogen) atoms. The first-order valence-electron chi connectivity index (χ1n) is 9.31. The predicted octanol–water partition coefficient (Wildman–Crippen LogP) is 3.85. The van der Waals surface area contributed by atoms with Crippen LogP contribution >= 0.6 is 11.6 Å². The Hall–Kier alpha value is -1.76. The molecule has 3 rings (SSSR count). The first-order chi connectivity index (χ1) is 12.9. The number of hydrogen-bond acceptors (Lipinski definition) is 4. The number of nitrogens with one attached hydrogen (secondary N) is 1. The second-order valence-electron chi connectivity index (χ2n) is 6.69. The van der Waals surface area contributed by atoms with Crippen molar-refractivity contribution >= 4 is 33.0 Å². The lowest BCUT2D eigenvalue weighted by atomic mass is 10.2. The third-order valence-electron chi connectivity index (χ3n) is 5.01. The standard InChI is InChI=1S/C20H26ClN3O2S/c1-3-16-5-8-18(9-6-16)27(25,26)22-19-15-17(21)7-10-20(19)24-13-11-23(4-2)12-14-24/h5-10,15,22H,3-4,11-14H2,1-2H3. The SMILES string of the molecule is CCc1ccc(S(=O)(=O)Nc2cc(Cl)ccc2N2CCN(CC)CC2)cc1. The summed E-state index contributed by atoms with van der Waals surface area (Å²) in [6.45, 7) is 8.86. The molecule has 1 aliphatic rings. The van der Waals surface area contributed by atoms with E-state index in [4.69, 9.17) is 11.6 Å². The van der Waals surface area contributed by atoms with Crippen molar-refractivity contribution in [3.05, 3.63) is 53.1 Å². The molecule has 1 saturated heterocycles. The highest BCUT2D eigenvalue weighted by Crippen LogP contribution is 2.32. The largest absolute Gasteiger partial charge is 0.367 e. The Labute approximate surface area is 167 Å². The van der Waals surface area contributed by atoms with Crippen LogP contribution in [0, 0.1) is 0 Å². The fourth-order valence-corrected chi connectivity index (χ4v) is 4.52. The highest BCUT2D eigenvalue weighted by molar-refractivity contribution is 7.92. The highest BCUT2D eigenvalue weighted by Gasteiger charge is 2.21. The van der Waals surface area contributed by atoms with Crippen LogP contribution in [0.15, 0.2) is 47.4 Å². The van der Waals surface area contributed by atoms with Crippen LogP contribution in [-0.4, -0.2) is 46.0 Å². The van der Waals surface area contributed by atoms with Gasteiger partial charge in [0.1, 0.15) is 0 Å². The van der Waals surface area contributed by atoms with Crippen LogP contribution in [-0.2, 0) is 16.4 Å². The zero-order chi connectivity index (χ0) is 19.4. The molecule has 0 saturated carbocycles. The van der Waals surface area contributed by atoms with E-state index < -0.39 is 10.0 Å². The molecule has 7 heteroatoms. The summed E-state index contributed by atoms with van der Waals surface area (Å²) in [4.78, 5) is 4.84. The van der Waals surface area contributed by atoms with Gasteiger partial charge in [-0.2, -0.15) is 0 Å². The Kier molecular flexibility index (Phi) is 6.29. The van der Waals surface area contributed by atoms with Crippen molar-refractivity contribution in [3.63, 3.8) is 0 Å². The van der Waals surface area contributed by atoms with Gasteiger partial charge in [0, 0.05) is 31.2 Å². The normalized spacial score (nSPS) is 15.7. The maximum absolute atomic E-state index is 12.9. The van der Waals surface area contributed by atoms with Gasteiger partial charge < -0.3 is 9.80 Å². The molecule has 146 valence electrons. The van der Waals surface area contributed by atoms with Gasteiger partial charge in [0.25, 0.3) is 10.0 Å². The van der Waals surface area contributed by atoms with Gasteiger partial charge in [-0.05, 0) is 48.9 Å². The third-order valence-corrected chi connectivity index (χ3v) is 6.62. The van der Waals surface area contributed by atoms with Crippen LogP contribution in [0.1, 0.15) is 19.4 Å². The zero-order valence-corrected chi connectivity index (χ0v) is 17.4. The molecule has 0 amide bonds. The summed E-state index contributed by atoms with van der Waals surface area (Å²) in [6.07, 6.45) is 0.871. The summed E-state index contributed by atoms with van der Waals surface area (Å²) in [5, 5.41) is 0.505. The first kappa shape index (κ1) is 20.0.